The van der Waals surface area contributed by atoms with Gasteiger partial charge in [0.2, 0.25) is 0 Å². The SMILES string of the molecule is CC1=CC(N2CCN3CC(CO)CCC3C2)=CC[N+]1(C)c1ccc(OC(C)(F)F)cc1. The van der Waals surface area contributed by atoms with Crippen molar-refractivity contribution >= 4 is 5.69 Å². The Morgan fingerprint density at radius 3 is 2.55 bits per heavy atom. The number of halogens is 2. The number of alkyl halides is 2. The van der Waals surface area contributed by atoms with Crippen molar-refractivity contribution in [1.29, 1.82) is 0 Å². The Kier molecular flexibility index (Phi) is 6.12. The van der Waals surface area contributed by atoms with Gasteiger partial charge in [0.1, 0.15) is 23.7 Å². The first-order valence-corrected chi connectivity index (χ1v) is 11.2. The number of aliphatic hydroxyl groups excluding tert-OH is 1. The van der Waals surface area contributed by atoms with Gasteiger partial charge in [0.05, 0.1) is 7.05 Å². The summed E-state index contributed by atoms with van der Waals surface area (Å²) in [7, 11) is 2.15. The molecule has 0 aliphatic carbocycles. The predicted octanol–water partition coefficient (Wildman–Crippen LogP) is 3.81. The molecule has 1 aromatic rings. The molecule has 1 aromatic carbocycles. The number of piperidine rings is 1. The summed E-state index contributed by atoms with van der Waals surface area (Å²) >= 11 is 0. The molecule has 0 aromatic heterocycles. The summed E-state index contributed by atoms with van der Waals surface area (Å²) in [6, 6.07) is 7.54. The van der Waals surface area contributed by atoms with Crippen LogP contribution in [0.5, 0.6) is 5.75 Å². The van der Waals surface area contributed by atoms with Crippen LogP contribution in [0.25, 0.3) is 0 Å². The fourth-order valence-electron chi connectivity index (χ4n) is 5.06. The zero-order chi connectivity index (χ0) is 22.2. The topological polar surface area (TPSA) is 35.9 Å². The van der Waals surface area contributed by atoms with Gasteiger partial charge in [-0.1, -0.05) is 0 Å². The van der Waals surface area contributed by atoms with Crippen LogP contribution in [0.15, 0.2) is 47.8 Å². The van der Waals surface area contributed by atoms with Crippen LogP contribution in [0.4, 0.5) is 14.5 Å². The molecule has 7 heteroatoms. The number of aliphatic hydroxyl groups is 1. The summed E-state index contributed by atoms with van der Waals surface area (Å²) in [5.41, 5.74) is 3.55. The number of allylic oxidation sites excluding steroid dienone is 2. The first kappa shape index (κ1) is 22.2. The van der Waals surface area contributed by atoms with Crippen LogP contribution in [0.2, 0.25) is 0 Å². The second-order valence-electron chi connectivity index (χ2n) is 9.41. The number of piperazine rings is 1. The van der Waals surface area contributed by atoms with Gasteiger partial charge in [0.15, 0.2) is 0 Å². The minimum absolute atomic E-state index is 0.173. The Morgan fingerprint density at radius 1 is 1.16 bits per heavy atom. The van der Waals surface area contributed by atoms with Gasteiger partial charge in [0, 0.05) is 76.6 Å². The molecule has 170 valence electrons. The highest BCUT2D eigenvalue weighted by molar-refractivity contribution is 5.52. The highest BCUT2D eigenvalue weighted by Gasteiger charge is 2.36. The van der Waals surface area contributed by atoms with Gasteiger partial charge in [0.25, 0.3) is 0 Å². The third-order valence-electron chi connectivity index (χ3n) is 7.13. The number of fused-ring (bicyclic) bond motifs is 1. The number of benzene rings is 1. The molecular formula is C24H34F2N3O2+. The number of hydrogen-bond donors (Lipinski definition) is 1. The number of quaternary nitrogens is 1. The van der Waals surface area contributed by atoms with Gasteiger partial charge in [-0.25, -0.2) is 0 Å². The van der Waals surface area contributed by atoms with E-state index in [0.29, 0.717) is 23.0 Å². The van der Waals surface area contributed by atoms with Crippen molar-refractivity contribution in [2.24, 2.45) is 5.92 Å². The van der Waals surface area contributed by atoms with Crippen molar-refractivity contribution in [3.05, 3.63) is 47.8 Å². The molecule has 2 saturated heterocycles. The second-order valence-corrected chi connectivity index (χ2v) is 9.41. The maximum absolute atomic E-state index is 13.1. The van der Waals surface area contributed by atoms with Gasteiger partial charge in [-0.05, 0) is 37.0 Å². The van der Waals surface area contributed by atoms with Gasteiger partial charge in [-0.2, -0.15) is 8.78 Å². The molecule has 1 N–H and O–H groups in total. The Balaban J connectivity index is 1.43. The number of nitrogens with zero attached hydrogens (tertiary/aromatic N) is 3. The maximum Gasteiger partial charge on any atom is 0.394 e. The van der Waals surface area contributed by atoms with Gasteiger partial charge in [-0.3, -0.25) is 9.38 Å². The van der Waals surface area contributed by atoms with E-state index in [0.717, 1.165) is 58.2 Å². The lowest BCUT2D eigenvalue weighted by molar-refractivity contribution is -0.158. The van der Waals surface area contributed by atoms with E-state index in [4.69, 9.17) is 0 Å². The van der Waals surface area contributed by atoms with Crippen LogP contribution >= 0.6 is 0 Å². The molecule has 0 spiro atoms. The Labute approximate surface area is 183 Å². The predicted molar refractivity (Wildman–Crippen MR) is 119 cm³/mol. The van der Waals surface area contributed by atoms with E-state index in [2.05, 4.69) is 40.7 Å². The maximum atomic E-state index is 13.1. The van der Waals surface area contributed by atoms with Gasteiger partial charge < -0.3 is 14.7 Å². The average Bonchev–Trinajstić information content (AvgIpc) is 2.74. The number of ether oxygens (including phenoxy) is 1. The monoisotopic (exact) mass is 434 g/mol. The molecular weight excluding hydrogens is 400 g/mol. The van der Waals surface area contributed by atoms with Gasteiger partial charge >= 0.3 is 6.11 Å². The number of likely N-dealkylation sites (N-methyl/N-ethyl adjacent to an activating group) is 1. The minimum atomic E-state index is -3.18. The van der Waals surface area contributed by atoms with Crippen molar-refractivity contribution in [2.75, 3.05) is 46.4 Å². The summed E-state index contributed by atoms with van der Waals surface area (Å²) in [5, 5.41) is 9.48. The van der Waals surface area contributed by atoms with E-state index >= 15 is 0 Å². The van der Waals surface area contributed by atoms with E-state index in [9.17, 15) is 13.9 Å². The first-order valence-electron chi connectivity index (χ1n) is 11.2. The quantitative estimate of drug-likeness (QED) is 0.715. The van der Waals surface area contributed by atoms with Crippen LogP contribution in [-0.4, -0.2) is 73.4 Å². The lowest BCUT2D eigenvalue weighted by Crippen LogP contribution is -2.56. The summed E-state index contributed by atoms with van der Waals surface area (Å²) in [5.74, 6) is 0.601. The smallest absolute Gasteiger partial charge is 0.394 e. The largest absolute Gasteiger partial charge is 0.433 e. The number of hydrogen-bond acceptors (Lipinski definition) is 4. The molecule has 0 bridgehead atoms. The lowest BCUT2D eigenvalue weighted by atomic mass is 9.91. The molecule has 2 fully saturated rings. The Bertz CT molecular complexity index is 849. The molecule has 0 saturated carbocycles. The summed E-state index contributed by atoms with van der Waals surface area (Å²) in [6.45, 7) is 8.10. The molecule has 0 radical (unpaired) electrons. The number of rotatable bonds is 5. The molecule has 3 aliphatic heterocycles. The van der Waals surface area contributed by atoms with Crippen molar-refractivity contribution in [3.8, 4) is 5.75 Å². The van der Waals surface area contributed by atoms with Crippen molar-refractivity contribution < 1.29 is 18.6 Å². The highest BCUT2D eigenvalue weighted by Crippen LogP contribution is 2.34. The fraction of sp³-hybridized carbons (Fsp3) is 0.583. The standard InChI is InChI=1S/C24H34F2N3O2/c1-18-14-20(28-12-11-27-15-19(17-30)4-5-21(27)16-28)10-13-29(18,3)22-6-8-23(9-7-22)31-24(2,25)26/h6-10,14,19,21,30H,4-5,11-13,15-17H2,1-3H3/q+1. The highest BCUT2D eigenvalue weighted by atomic mass is 19.3. The zero-order valence-corrected chi connectivity index (χ0v) is 18.7. The second kappa shape index (κ2) is 8.52. The van der Waals surface area contributed by atoms with E-state index in [1.807, 2.05) is 12.1 Å². The van der Waals surface area contributed by atoms with Crippen LogP contribution in [0, 0.1) is 5.92 Å². The summed E-state index contributed by atoms with van der Waals surface area (Å²) in [4.78, 5) is 5.04. The Morgan fingerprint density at radius 2 is 1.90 bits per heavy atom. The van der Waals surface area contributed by atoms with Crippen LogP contribution < -0.4 is 9.22 Å². The first-order chi connectivity index (χ1) is 14.7. The van der Waals surface area contributed by atoms with Crippen LogP contribution in [0.1, 0.15) is 26.7 Å². The van der Waals surface area contributed by atoms with E-state index in [1.165, 1.54) is 11.4 Å². The molecule has 3 atom stereocenters. The molecule has 3 heterocycles. The van der Waals surface area contributed by atoms with E-state index in [1.54, 1.807) is 12.1 Å². The normalized spacial score (nSPS) is 29.8. The van der Waals surface area contributed by atoms with Crippen molar-refractivity contribution in [3.63, 3.8) is 0 Å². The van der Waals surface area contributed by atoms with E-state index < -0.39 is 6.11 Å². The van der Waals surface area contributed by atoms with Crippen molar-refractivity contribution in [2.45, 2.75) is 38.8 Å². The zero-order valence-electron chi connectivity index (χ0n) is 18.7. The minimum Gasteiger partial charge on any atom is -0.433 e. The average molecular weight is 435 g/mol. The molecule has 0 amide bonds. The van der Waals surface area contributed by atoms with Crippen LogP contribution in [0.3, 0.4) is 0 Å². The molecule has 5 nitrogen and oxygen atoms in total. The summed E-state index contributed by atoms with van der Waals surface area (Å²) < 4.78 is 31.5. The third kappa shape index (κ3) is 4.78. The third-order valence-corrected chi connectivity index (χ3v) is 7.13. The van der Waals surface area contributed by atoms with Crippen LogP contribution in [-0.2, 0) is 0 Å². The fourth-order valence-corrected chi connectivity index (χ4v) is 5.06. The molecule has 4 rings (SSSR count). The lowest BCUT2D eigenvalue weighted by Gasteiger charge is -2.47. The van der Waals surface area contributed by atoms with Crippen molar-refractivity contribution in [1.82, 2.24) is 14.3 Å². The Hall–Kier alpha value is -1.96. The molecule has 31 heavy (non-hydrogen) atoms. The molecule has 3 aliphatic rings. The summed E-state index contributed by atoms with van der Waals surface area (Å²) in [6.07, 6.45) is 3.64. The van der Waals surface area contributed by atoms with Gasteiger partial charge in [-0.15, -0.1) is 0 Å². The molecule has 3 unspecified atom stereocenters. The van der Waals surface area contributed by atoms with E-state index in [-0.39, 0.29) is 5.75 Å².